The lowest BCUT2D eigenvalue weighted by Crippen LogP contribution is -2.13. The minimum Gasteiger partial charge on any atom is -0.489 e. The van der Waals surface area contributed by atoms with Crippen LogP contribution in [-0.2, 0) is 12.0 Å². The first-order chi connectivity index (χ1) is 9.75. The van der Waals surface area contributed by atoms with Gasteiger partial charge in [0.05, 0.1) is 0 Å². The minimum atomic E-state index is -0.261. The highest BCUT2D eigenvalue weighted by atomic mass is 79.9. The topological polar surface area (TPSA) is 9.23 Å². The Morgan fingerprint density at radius 2 is 1.81 bits per heavy atom. The Kier molecular flexibility index (Phi) is 4.72. The molecule has 2 rings (SSSR count). The van der Waals surface area contributed by atoms with Gasteiger partial charge in [0, 0.05) is 4.47 Å². The summed E-state index contributed by atoms with van der Waals surface area (Å²) in [6.07, 6.45) is 0. The molecule has 0 aromatic heterocycles. The molecule has 2 aromatic rings. The summed E-state index contributed by atoms with van der Waals surface area (Å²) in [6, 6.07) is 11.0. The SMILES string of the molecule is Cc1ccc(OCc2cc(F)cc(Br)c2)c(C(C)(C)C)c1. The summed E-state index contributed by atoms with van der Waals surface area (Å²) < 4.78 is 20.0. The van der Waals surface area contributed by atoms with Crippen molar-refractivity contribution >= 4 is 15.9 Å². The van der Waals surface area contributed by atoms with E-state index in [1.807, 2.05) is 18.2 Å². The van der Waals surface area contributed by atoms with Crippen molar-refractivity contribution in [1.82, 2.24) is 0 Å². The predicted octanol–water partition coefficient (Wildman–Crippen LogP) is 5.77. The van der Waals surface area contributed by atoms with Gasteiger partial charge in [0.15, 0.2) is 0 Å². The number of benzene rings is 2. The van der Waals surface area contributed by atoms with E-state index in [9.17, 15) is 4.39 Å². The van der Waals surface area contributed by atoms with Crippen LogP contribution in [0.5, 0.6) is 5.75 Å². The van der Waals surface area contributed by atoms with E-state index in [4.69, 9.17) is 4.74 Å². The van der Waals surface area contributed by atoms with E-state index in [0.29, 0.717) is 6.61 Å². The normalized spacial score (nSPS) is 11.5. The molecule has 112 valence electrons. The standard InChI is InChI=1S/C18H20BrFO/c1-12-5-6-17(16(7-12)18(2,3)4)21-11-13-8-14(19)10-15(20)9-13/h5-10H,11H2,1-4H3. The van der Waals surface area contributed by atoms with Crippen LogP contribution in [0.4, 0.5) is 4.39 Å². The second-order valence-electron chi connectivity index (χ2n) is 6.32. The third-order valence-electron chi connectivity index (χ3n) is 3.26. The van der Waals surface area contributed by atoms with Gasteiger partial charge in [-0.3, -0.25) is 0 Å². The van der Waals surface area contributed by atoms with E-state index in [1.165, 1.54) is 17.7 Å². The summed E-state index contributed by atoms with van der Waals surface area (Å²) in [5, 5.41) is 0. The molecule has 0 heterocycles. The van der Waals surface area contributed by atoms with Gasteiger partial charge in [-0.1, -0.05) is 54.4 Å². The summed E-state index contributed by atoms with van der Waals surface area (Å²) in [7, 11) is 0. The Bertz CT molecular complexity index is 624. The van der Waals surface area contributed by atoms with Crippen molar-refractivity contribution in [3.8, 4) is 5.75 Å². The molecule has 0 atom stereocenters. The monoisotopic (exact) mass is 350 g/mol. The van der Waals surface area contributed by atoms with E-state index >= 15 is 0 Å². The zero-order valence-electron chi connectivity index (χ0n) is 12.8. The van der Waals surface area contributed by atoms with Gasteiger partial charge >= 0.3 is 0 Å². The van der Waals surface area contributed by atoms with E-state index in [0.717, 1.165) is 21.3 Å². The Labute approximate surface area is 134 Å². The number of hydrogen-bond acceptors (Lipinski definition) is 1. The van der Waals surface area contributed by atoms with Crippen LogP contribution in [0, 0.1) is 12.7 Å². The van der Waals surface area contributed by atoms with Gasteiger partial charge in [0.2, 0.25) is 0 Å². The highest BCUT2D eigenvalue weighted by Crippen LogP contribution is 2.32. The van der Waals surface area contributed by atoms with Crippen LogP contribution >= 0.6 is 15.9 Å². The third kappa shape index (κ3) is 4.31. The molecular weight excluding hydrogens is 331 g/mol. The second-order valence-corrected chi connectivity index (χ2v) is 7.23. The molecule has 0 fully saturated rings. The van der Waals surface area contributed by atoms with Crippen LogP contribution < -0.4 is 4.74 Å². The average Bonchev–Trinajstić information content (AvgIpc) is 2.35. The van der Waals surface area contributed by atoms with Gasteiger partial charge in [-0.2, -0.15) is 0 Å². The van der Waals surface area contributed by atoms with Gasteiger partial charge in [-0.25, -0.2) is 4.39 Å². The molecular formula is C18H20BrFO. The van der Waals surface area contributed by atoms with E-state index < -0.39 is 0 Å². The van der Waals surface area contributed by atoms with Crippen molar-refractivity contribution in [3.63, 3.8) is 0 Å². The quantitative estimate of drug-likeness (QED) is 0.682. The van der Waals surface area contributed by atoms with Crippen LogP contribution in [-0.4, -0.2) is 0 Å². The van der Waals surface area contributed by atoms with E-state index in [2.05, 4.69) is 49.7 Å². The lowest BCUT2D eigenvalue weighted by molar-refractivity contribution is 0.297. The molecule has 0 unspecified atom stereocenters. The molecule has 0 radical (unpaired) electrons. The molecule has 0 aliphatic carbocycles. The molecule has 3 heteroatoms. The molecule has 0 aliphatic heterocycles. The number of rotatable bonds is 3. The smallest absolute Gasteiger partial charge is 0.124 e. The van der Waals surface area contributed by atoms with Gasteiger partial charge < -0.3 is 4.74 Å². The first-order valence-electron chi connectivity index (χ1n) is 6.94. The van der Waals surface area contributed by atoms with Crippen molar-refractivity contribution < 1.29 is 9.13 Å². The van der Waals surface area contributed by atoms with Crippen LogP contribution in [0.15, 0.2) is 40.9 Å². The molecule has 0 bridgehead atoms. The zero-order chi connectivity index (χ0) is 15.6. The Balaban J connectivity index is 2.24. The molecule has 0 saturated heterocycles. The molecule has 0 spiro atoms. The van der Waals surface area contributed by atoms with Crippen molar-refractivity contribution in [3.05, 3.63) is 63.4 Å². The lowest BCUT2D eigenvalue weighted by atomic mass is 9.85. The van der Waals surface area contributed by atoms with Gasteiger partial charge in [0.25, 0.3) is 0 Å². The zero-order valence-corrected chi connectivity index (χ0v) is 14.4. The predicted molar refractivity (Wildman–Crippen MR) is 88.3 cm³/mol. The molecule has 2 aromatic carbocycles. The Morgan fingerprint density at radius 3 is 2.43 bits per heavy atom. The molecule has 0 amide bonds. The summed E-state index contributed by atoms with van der Waals surface area (Å²) >= 11 is 3.30. The summed E-state index contributed by atoms with van der Waals surface area (Å²) in [4.78, 5) is 0. The second kappa shape index (κ2) is 6.18. The van der Waals surface area contributed by atoms with Crippen molar-refractivity contribution in [2.24, 2.45) is 0 Å². The first-order valence-corrected chi connectivity index (χ1v) is 7.74. The van der Waals surface area contributed by atoms with Gasteiger partial charge in [-0.15, -0.1) is 0 Å². The van der Waals surface area contributed by atoms with Crippen molar-refractivity contribution in [1.29, 1.82) is 0 Å². The number of halogens is 2. The minimum absolute atomic E-state index is 0.00384. The fourth-order valence-electron chi connectivity index (χ4n) is 2.21. The first kappa shape index (κ1) is 16.0. The highest BCUT2D eigenvalue weighted by molar-refractivity contribution is 9.10. The van der Waals surface area contributed by atoms with Crippen LogP contribution in [0.3, 0.4) is 0 Å². The van der Waals surface area contributed by atoms with Crippen LogP contribution in [0.2, 0.25) is 0 Å². The molecule has 0 N–H and O–H groups in total. The van der Waals surface area contributed by atoms with Crippen LogP contribution in [0.25, 0.3) is 0 Å². The largest absolute Gasteiger partial charge is 0.489 e. The maximum atomic E-state index is 13.4. The summed E-state index contributed by atoms with van der Waals surface area (Å²) in [6.45, 7) is 8.90. The van der Waals surface area contributed by atoms with Crippen molar-refractivity contribution in [2.45, 2.75) is 39.7 Å². The molecule has 0 aliphatic rings. The molecule has 0 saturated carbocycles. The van der Waals surface area contributed by atoms with Gasteiger partial charge in [0.1, 0.15) is 18.2 Å². The van der Waals surface area contributed by atoms with Crippen LogP contribution in [0.1, 0.15) is 37.5 Å². The van der Waals surface area contributed by atoms with Crippen molar-refractivity contribution in [2.75, 3.05) is 0 Å². The average molecular weight is 351 g/mol. The van der Waals surface area contributed by atoms with Gasteiger partial charge in [-0.05, 0) is 47.7 Å². The van der Waals surface area contributed by atoms with E-state index in [-0.39, 0.29) is 11.2 Å². The number of ether oxygens (including phenoxy) is 1. The summed E-state index contributed by atoms with van der Waals surface area (Å²) in [5.74, 6) is 0.594. The summed E-state index contributed by atoms with van der Waals surface area (Å²) in [5.41, 5.74) is 3.19. The third-order valence-corrected chi connectivity index (χ3v) is 3.72. The molecule has 1 nitrogen and oxygen atoms in total. The fourth-order valence-corrected chi connectivity index (χ4v) is 2.72. The molecule has 21 heavy (non-hydrogen) atoms. The Morgan fingerprint density at radius 1 is 1.10 bits per heavy atom. The van der Waals surface area contributed by atoms with E-state index in [1.54, 1.807) is 0 Å². The number of hydrogen-bond donors (Lipinski definition) is 0. The lowest BCUT2D eigenvalue weighted by Gasteiger charge is -2.23. The maximum Gasteiger partial charge on any atom is 0.124 e. The highest BCUT2D eigenvalue weighted by Gasteiger charge is 2.19. The Hall–Kier alpha value is -1.35. The number of aryl methyl sites for hydroxylation is 1. The fraction of sp³-hybridized carbons (Fsp3) is 0.333. The maximum absolute atomic E-state index is 13.4.